The SMILES string of the molecule is O=C(O)[C@@H]1Cc2[nH]cnc2[C@@H](c2ccccc2O)N1. The molecule has 0 saturated carbocycles. The summed E-state index contributed by atoms with van der Waals surface area (Å²) >= 11 is 0. The standard InChI is InChI=1S/C13H13N3O3/c17-10-4-2-1-3-7(10)11-12-8(14-6-15-12)5-9(16-11)13(18)19/h1-4,6,9,11,16-17H,5H2,(H,14,15)(H,18,19)/t9-,11+/m0/s1. The quantitative estimate of drug-likeness (QED) is 0.639. The lowest BCUT2D eigenvalue weighted by atomic mass is 9.93. The number of hydrogen-bond acceptors (Lipinski definition) is 4. The lowest BCUT2D eigenvalue weighted by Gasteiger charge is -2.28. The van der Waals surface area contributed by atoms with Gasteiger partial charge in [-0.3, -0.25) is 10.1 Å². The normalized spacial score (nSPS) is 21.9. The third-order valence-corrected chi connectivity index (χ3v) is 3.35. The number of para-hydroxylation sites is 1. The minimum absolute atomic E-state index is 0.125. The van der Waals surface area contributed by atoms with Gasteiger partial charge in [-0.2, -0.15) is 0 Å². The maximum Gasteiger partial charge on any atom is 0.321 e. The highest BCUT2D eigenvalue weighted by molar-refractivity contribution is 5.74. The Balaban J connectivity index is 2.06. The van der Waals surface area contributed by atoms with Gasteiger partial charge in [0.2, 0.25) is 0 Å². The molecule has 4 N–H and O–H groups in total. The predicted octanol–water partition coefficient (Wildman–Crippen LogP) is 0.804. The van der Waals surface area contributed by atoms with Crippen LogP contribution in [0.3, 0.4) is 0 Å². The molecule has 1 aromatic heterocycles. The third-order valence-electron chi connectivity index (χ3n) is 3.35. The van der Waals surface area contributed by atoms with Crippen LogP contribution in [0.5, 0.6) is 5.75 Å². The Morgan fingerprint density at radius 1 is 1.37 bits per heavy atom. The second-order valence-corrected chi connectivity index (χ2v) is 4.52. The van der Waals surface area contributed by atoms with E-state index >= 15 is 0 Å². The van der Waals surface area contributed by atoms with Crippen LogP contribution < -0.4 is 5.32 Å². The van der Waals surface area contributed by atoms with Crippen molar-refractivity contribution in [3.63, 3.8) is 0 Å². The molecule has 19 heavy (non-hydrogen) atoms. The molecule has 2 atom stereocenters. The van der Waals surface area contributed by atoms with Gasteiger partial charge in [-0.05, 0) is 6.07 Å². The Hall–Kier alpha value is -2.34. The lowest BCUT2D eigenvalue weighted by Crippen LogP contribution is -2.45. The van der Waals surface area contributed by atoms with E-state index < -0.39 is 18.1 Å². The Morgan fingerprint density at radius 3 is 2.89 bits per heavy atom. The van der Waals surface area contributed by atoms with E-state index in [-0.39, 0.29) is 5.75 Å². The number of aromatic amines is 1. The highest BCUT2D eigenvalue weighted by Gasteiger charge is 2.34. The number of carboxylic acids is 1. The molecule has 0 aliphatic carbocycles. The minimum Gasteiger partial charge on any atom is -0.508 e. The zero-order chi connectivity index (χ0) is 13.4. The van der Waals surface area contributed by atoms with Crippen LogP contribution in [0.2, 0.25) is 0 Å². The second-order valence-electron chi connectivity index (χ2n) is 4.52. The van der Waals surface area contributed by atoms with Crippen LogP contribution >= 0.6 is 0 Å². The van der Waals surface area contributed by atoms with Crippen molar-refractivity contribution in [1.82, 2.24) is 15.3 Å². The third kappa shape index (κ3) is 1.96. The first-order valence-electron chi connectivity index (χ1n) is 5.95. The zero-order valence-electron chi connectivity index (χ0n) is 10.00. The van der Waals surface area contributed by atoms with E-state index in [1.807, 2.05) is 0 Å². The van der Waals surface area contributed by atoms with Gasteiger partial charge in [-0.15, -0.1) is 0 Å². The molecular formula is C13H13N3O3. The van der Waals surface area contributed by atoms with E-state index in [4.69, 9.17) is 0 Å². The second kappa shape index (κ2) is 4.40. The van der Waals surface area contributed by atoms with Crippen molar-refractivity contribution >= 4 is 5.97 Å². The molecule has 2 heterocycles. The minimum atomic E-state index is -0.916. The lowest BCUT2D eigenvalue weighted by molar-refractivity contribution is -0.139. The van der Waals surface area contributed by atoms with Crippen LogP contribution in [-0.4, -0.2) is 32.2 Å². The molecule has 98 valence electrons. The predicted molar refractivity (Wildman–Crippen MR) is 66.8 cm³/mol. The zero-order valence-corrected chi connectivity index (χ0v) is 10.00. The van der Waals surface area contributed by atoms with Crippen molar-refractivity contribution in [2.45, 2.75) is 18.5 Å². The van der Waals surface area contributed by atoms with Gasteiger partial charge in [-0.25, -0.2) is 4.98 Å². The molecule has 0 bridgehead atoms. The molecule has 2 aromatic rings. The van der Waals surface area contributed by atoms with Gasteiger partial charge in [0.05, 0.1) is 18.1 Å². The van der Waals surface area contributed by atoms with Crippen molar-refractivity contribution in [1.29, 1.82) is 0 Å². The largest absolute Gasteiger partial charge is 0.508 e. The molecule has 1 aliphatic rings. The number of carbonyl (C=O) groups is 1. The number of carboxylic acid groups (broad SMARTS) is 1. The number of fused-ring (bicyclic) bond motifs is 1. The fourth-order valence-corrected chi connectivity index (χ4v) is 2.41. The van der Waals surface area contributed by atoms with E-state index in [2.05, 4.69) is 15.3 Å². The number of imidazole rings is 1. The summed E-state index contributed by atoms with van der Waals surface area (Å²) in [6.07, 6.45) is 1.90. The van der Waals surface area contributed by atoms with Gasteiger partial charge in [0.1, 0.15) is 11.8 Å². The van der Waals surface area contributed by atoms with Gasteiger partial charge in [0, 0.05) is 17.7 Å². The highest BCUT2D eigenvalue weighted by Crippen LogP contribution is 2.32. The average Bonchev–Trinajstić information content (AvgIpc) is 2.86. The van der Waals surface area contributed by atoms with Crippen molar-refractivity contribution in [3.05, 3.63) is 47.5 Å². The number of nitrogens with one attached hydrogen (secondary N) is 2. The molecule has 0 unspecified atom stereocenters. The number of aromatic nitrogens is 2. The summed E-state index contributed by atoms with van der Waals surface area (Å²) in [7, 11) is 0. The van der Waals surface area contributed by atoms with E-state index in [9.17, 15) is 15.0 Å². The van der Waals surface area contributed by atoms with Crippen LogP contribution in [0, 0.1) is 0 Å². The van der Waals surface area contributed by atoms with Crippen molar-refractivity contribution in [3.8, 4) is 5.75 Å². The fourth-order valence-electron chi connectivity index (χ4n) is 2.41. The molecule has 3 rings (SSSR count). The highest BCUT2D eigenvalue weighted by atomic mass is 16.4. The molecule has 0 saturated heterocycles. The summed E-state index contributed by atoms with van der Waals surface area (Å²) < 4.78 is 0. The first-order chi connectivity index (χ1) is 9.16. The van der Waals surface area contributed by atoms with Crippen LogP contribution in [0.4, 0.5) is 0 Å². The topological polar surface area (TPSA) is 98.2 Å². The van der Waals surface area contributed by atoms with Crippen molar-refractivity contribution in [2.75, 3.05) is 0 Å². The summed E-state index contributed by atoms with van der Waals surface area (Å²) in [6, 6.07) is 5.74. The monoisotopic (exact) mass is 259 g/mol. The van der Waals surface area contributed by atoms with E-state index in [1.54, 1.807) is 30.6 Å². The average molecular weight is 259 g/mol. The summed E-state index contributed by atoms with van der Waals surface area (Å²) in [6.45, 7) is 0. The number of nitrogens with zero attached hydrogens (tertiary/aromatic N) is 1. The molecule has 0 amide bonds. The summed E-state index contributed by atoms with van der Waals surface area (Å²) in [5.41, 5.74) is 2.15. The Kier molecular flexibility index (Phi) is 2.72. The van der Waals surface area contributed by atoms with E-state index in [0.29, 0.717) is 12.0 Å². The van der Waals surface area contributed by atoms with Crippen LogP contribution in [0.15, 0.2) is 30.6 Å². The molecule has 6 heteroatoms. The van der Waals surface area contributed by atoms with Crippen molar-refractivity contribution < 1.29 is 15.0 Å². The molecule has 1 aliphatic heterocycles. The first-order valence-corrected chi connectivity index (χ1v) is 5.95. The number of H-pyrrole nitrogens is 1. The summed E-state index contributed by atoms with van der Waals surface area (Å²) in [4.78, 5) is 18.4. The van der Waals surface area contributed by atoms with Gasteiger partial charge in [-0.1, -0.05) is 18.2 Å². The number of aliphatic carboxylic acids is 1. The molecule has 1 aromatic carbocycles. The molecule has 6 nitrogen and oxygen atoms in total. The number of aromatic hydroxyl groups is 1. The molecule has 0 fully saturated rings. The maximum atomic E-state index is 11.2. The van der Waals surface area contributed by atoms with E-state index in [0.717, 1.165) is 11.4 Å². The van der Waals surface area contributed by atoms with Crippen molar-refractivity contribution in [2.24, 2.45) is 0 Å². The maximum absolute atomic E-state index is 11.2. The Morgan fingerprint density at radius 2 is 2.16 bits per heavy atom. The van der Waals surface area contributed by atoms with Gasteiger partial charge < -0.3 is 15.2 Å². The Bertz CT molecular complexity index is 623. The van der Waals surface area contributed by atoms with Crippen LogP contribution in [-0.2, 0) is 11.2 Å². The number of phenolic OH excluding ortho intramolecular Hbond substituents is 1. The van der Waals surface area contributed by atoms with Gasteiger partial charge in [0.15, 0.2) is 0 Å². The number of benzene rings is 1. The van der Waals surface area contributed by atoms with Crippen LogP contribution in [0.25, 0.3) is 0 Å². The molecule has 0 spiro atoms. The van der Waals surface area contributed by atoms with E-state index in [1.165, 1.54) is 0 Å². The first kappa shape index (κ1) is 11.7. The summed E-state index contributed by atoms with van der Waals surface area (Å²) in [5.74, 6) is -0.791. The number of phenols is 1. The van der Waals surface area contributed by atoms with Crippen LogP contribution in [0.1, 0.15) is 23.0 Å². The fraction of sp³-hybridized carbons (Fsp3) is 0.231. The smallest absolute Gasteiger partial charge is 0.321 e. The van der Waals surface area contributed by atoms with Gasteiger partial charge >= 0.3 is 5.97 Å². The number of hydrogen-bond donors (Lipinski definition) is 4. The Labute approximate surface area is 109 Å². The van der Waals surface area contributed by atoms with Gasteiger partial charge in [0.25, 0.3) is 0 Å². The number of rotatable bonds is 2. The molecule has 0 radical (unpaired) electrons. The molecular weight excluding hydrogens is 246 g/mol. The summed E-state index contributed by atoms with van der Waals surface area (Å²) in [5, 5.41) is 22.1.